The van der Waals surface area contributed by atoms with Crippen LogP contribution in [-0.4, -0.2) is 0 Å². The Bertz CT molecular complexity index is 652. The topological polar surface area (TPSA) is 39.2 Å². The number of para-hydroxylation sites is 1. The Labute approximate surface area is 87.3 Å². The molecule has 0 unspecified atom stereocenters. The summed E-state index contributed by atoms with van der Waals surface area (Å²) in [5.74, 6) is 0. The lowest BCUT2D eigenvalue weighted by Gasteiger charge is -1.98. The van der Waals surface area contributed by atoms with Crippen LogP contribution in [0.1, 0.15) is 5.56 Å². The van der Waals surface area contributed by atoms with E-state index < -0.39 is 0 Å². The summed E-state index contributed by atoms with van der Waals surface area (Å²) in [5.41, 5.74) is 9.48. The molecule has 74 valence electrons. The van der Waals surface area contributed by atoms with Crippen LogP contribution in [0.2, 0.25) is 0 Å². The Hall–Kier alpha value is -1.96. The fourth-order valence-corrected chi connectivity index (χ4v) is 1.91. The van der Waals surface area contributed by atoms with Crippen LogP contribution in [-0.2, 0) is 0 Å². The molecule has 0 aliphatic carbocycles. The van der Waals surface area contributed by atoms with E-state index in [-0.39, 0.29) is 0 Å². The molecule has 0 radical (unpaired) electrons. The van der Waals surface area contributed by atoms with Crippen molar-refractivity contribution in [3.63, 3.8) is 0 Å². The van der Waals surface area contributed by atoms with Gasteiger partial charge in [0.1, 0.15) is 5.58 Å². The zero-order chi connectivity index (χ0) is 10.4. The summed E-state index contributed by atoms with van der Waals surface area (Å²) in [4.78, 5) is 0. The number of furan rings is 1. The summed E-state index contributed by atoms with van der Waals surface area (Å²) < 4.78 is 5.74. The van der Waals surface area contributed by atoms with Gasteiger partial charge in [-0.3, -0.25) is 0 Å². The van der Waals surface area contributed by atoms with Crippen molar-refractivity contribution in [2.45, 2.75) is 6.92 Å². The van der Waals surface area contributed by atoms with Gasteiger partial charge in [-0.15, -0.1) is 0 Å². The van der Waals surface area contributed by atoms with Crippen molar-refractivity contribution in [3.05, 3.63) is 42.0 Å². The second kappa shape index (κ2) is 2.76. The highest BCUT2D eigenvalue weighted by Crippen LogP contribution is 2.33. The van der Waals surface area contributed by atoms with Gasteiger partial charge >= 0.3 is 0 Å². The number of fused-ring (bicyclic) bond motifs is 3. The van der Waals surface area contributed by atoms with Gasteiger partial charge < -0.3 is 10.2 Å². The van der Waals surface area contributed by atoms with Crippen molar-refractivity contribution in [2.75, 3.05) is 5.73 Å². The largest absolute Gasteiger partial charge is 0.454 e. The number of hydrogen-bond acceptors (Lipinski definition) is 2. The monoisotopic (exact) mass is 197 g/mol. The average molecular weight is 197 g/mol. The van der Waals surface area contributed by atoms with Gasteiger partial charge in [0.25, 0.3) is 0 Å². The maximum absolute atomic E-state index is 5.99. The van der Waals surface area contributed by atoms with Gasteiger partial charge in [-0.1, -0.05) is 30.3 Å². The van der Waals surface area contributed by atoms with Crippen molar-refractivity contribution in [2.24, 2.45) is 0 Å². The molecule has 0 amide bonds. The summed E-state index contributed by atoms with van der Waals surface area (Å²) in [6.45, 7) is 1.99. The van der Waals surface area contributed by atoms with E-state index in [9.17, 15) is 0 Å². The summed E-state index contributed by atoms with van der Waals surface area (Å²) in [5, 5.41) is 2.22. The summed E-state index contributed by atoms with van der Waals surface area (Å²) in [6.07, 6.45) is 0. The molecule has 0 aliphatic rings. The van der Waals surface area contributed by atoms with Crippen LogP contribution < -0.4 is 5.73 Å². The fraction of sp³-hybridized carbons (Fsp3) is 0.0769. The van der Waals surface area contributed by atoms with Crippen LogP contribution in [0.25, 0.3) is 21.9 Å². The normalized spacial score (nSPS) is 11.3. The van der Waals surface area contributed by atoms with Gasteiger partial charge in [-0.25, -0.2) is 0 Å². The third kappa shape index (κ3) is 1.05. The molecule has 0 atom stereocenters. The lowest BCUT2D eigenvalue weighted by atomic mass is 10.1. The van der Waals surface area contributed by atoms with Gasteiger partial charge in [-0.2, -0.15) is 0 Å². The number of nitrogen functional groups attached to an aromatic ring is 1. The minimum Gasteiger partial charge on any atom is -0.454 e. The van der Waals surface area contributed by atoms with E-state index in [0.717, 1.165) is 33.2 Å². The first-order valence-electron chi connectivity index (χ1n) is 4.93. The maximum Gasteiger partial charge on any atom is 0.158 e. The molecule has 3 rings (SSSR count). The second-order valence-electron chi connectivity index (χ2n) is 3.77. The summed E-state index contributed by atoms with van der Waals surface area (Å²) in [6, 6.07) is 12.1. The van der Waals surface area contributed by atoms with Gasteiger partial charge in [0.15, 0.2) is 5.58 Å². The van der Waals surface area contributed by atoms with Crippen LogP contribution in [0, 0.1) is 6.92 Å². The lowest BCUT2D eigenvalue weighted by molar-refractivity contribution is 0.670. The first-order chi connectivity index (χ1) is 7.27. The molecule has 15 heavy (non-hydrogen) atoms. The van der Waals surface area contributed by atoms with Crippen molar-refractivity contribution in [1.29, 1.82) is 0 Å². The number of benzene rings is 2. The van der Waals surface area contributed by atoms with Crippen LogP contribution in [0.15, 0.2) is 40.8 Å². The van der Waals surface area contributed by atoms with E-state index in [0.29, 0.717) is 0 Å². The molecule has 0 fully saturated rings. The Morgan fingerprint density at radius 3 is 2.67 bits per heavy atom. The number of aryl methyl sites for hydroxylation is 1. The van der Waals surface area contributed by atoms with E-state index in [2.05, 4.69) is 12.1 Å². The average Bonchev–Trinajstić information content (AvgIpc) is 2.63. The minimum atomic E-state index is 0.740. The highest BCUT2D eigenvalue weighted by molar-refractivity contribution is 6.08. The van der Waals surface area contributed by atoms with Crippen molar-refractivity contribution in [3.8, 4) is 0 Å². The lowest BCUT2D eigenvalue weighted by Crippen LogP contribution is -1.88. The number of hydrogen-bond donors (Lipinski definition) is 1. The quantitative estimate of drug-likeness (QED) is 0.560. The summed E-state index contributed by atoms with van der Waals surface area (Å²) in [7, 11) is 0. The Balaban J connectivity index is 2.60. The second-order valence-corrected chi connectivity index (χ2v) is 3.77. The fourth-order valence-electron chi connectivity index (χ4n) is 1.91. The molecule has 2 N–H and O–H groups in total. The minimum absolute atomic E-state index is 0.740. The molecule has 2 aromatic carbocycles. The van der Waals surface area contributed by atoms with Crippen LogP contribution in [0.4, 0.5) is 5.69 Å². The Morgan fingerprint density at radius 1 is 1.00 bits per heavy atom. The summed E-state index contributed by atoms with van der Waals surface area (Å²) >= 11 is 0. The smallest absolute Gasteiger partial charge is 0.158 e. The number of rotatable bonds is 0. The first-order valence-corrected chi connectivity index (χ1v) is 4.93. The van der Waals surface area contributed by atoms with Gasteiger partial charge in [0.05, 0.1) is 5.69 Å². The molecular formula is C13H11NO. The molecule has 0 bridgehead atoms. The zero-order valence-electron chi connectivity index (χ0n) is 8.45. The van der Waals surface area contributed by atoms with Crippen LogP contribution in [0.3, 0.4) is 0 Å². The van der Waals surface area contributed by atoms with E-state index >= 15 is 0 Å². The predicted octanol–water partition coefficient (Wildman–Crippen LogP) is 3.48. The first kappa shape index (κ1) is 8.36. The van der Waals surface area contributed by atoms with Gasteiger partial charge in [-0.05, 0) is 18.6 Å². The molecule has 1 heterocycles. The maximum atomic E-state index is 5.99. The predicted molar refractivity (Wildman–Crippen MR) is 62.9 cm³/mol. The third-order valence-electron chi connectivity index (χ3n) is 2.80. The molecule has 3 aromatic rings. The van der Waals surface area contributed by atoms with Gasteiger partial charge in [0, 0.05) is 10.8 Å². The van der Waals surface area contributed by atoms with Gasteiger partial charge in [0.2, 0.25) is 0 Å². The highest BCUT2D eigenvalue weighted by Gasteiger charge is 2.09. The van der Waals surface area contributed by atoms with E-state index in [1.807, 2.05) is 31.2 Å². The van der Waals surface area contributed by atoms with Crippen molar-refractivity contribution in [1.82, 2.24) is 0 Å². The zero-order valence-corrected chi connectivity index (χ0v) is 8.45. The molecule has 1 aromatic heterocycles. The standard InChI is InChI=1S/C13H11NO/c1-8-6-7-10-9-4-2-3-5-11(9)15-13(10)12(8)14/h2-7H,14H2,1H3. The van der Waals surface area contributed by atoms with E-state index in [1.54, 1.807) is 0 Å². The van der Waals surface area contributed by atoms with Crippen LogP contribution in [0.5, 0.6) is 0 Å². The molecule has 2 heteroatoms. The van der Waals surface area contributed by atoms with Crippen molar-refractivity contribution < 1.29 is 4.42 Å². The molecule has 2 nitrogen and oxygen atoms in total. The van der Waals surface area contributed by atoms with Crippen LogP contribution >= 0.6 is 0 Å². The molecule has 0 aliphatic heterocycles. The number of anilines is 1. The number of nitrogens with two attached hydrogens (primary N) is 1. The molecule has 0 saturated carbocycles. The Kier molecular flexibility index (Phi) is 1.54. The molecule has 0 spiro atoms. The van der Waals surface area contributed by atoms with E-state index in [1.165, 1.54) is 0 Å². The molecule has 0 saturated heterocycles. The van der Waals surface area contributed by atoms with Crippen molar-refractivity contribution >= 4 is 27.6 Å². The Morgan fingerprint density at radius 2 is 1.80 bits per heavy atom. The highest BCUT2D eigenvalue weighted by atomic mass is 16.3. The SMILES string of the molecule is Cc1ccc2c(oc3ccccc32)c1N. The molecular weight excluding hydrogens is 186 g/mol. The third-order valence-corrected chi connectivity index (χ3v) is 2.80. The van der Waals surface area contributed by atoms with E-state index in [4.69, 9.17) is 10.2 Å².